The van der Waals surface area contributed by atoms with Crippen LogP contribution < -0.4 is 5.32 Å². The Balaban J connectivity index is 1.74. The summed E-state index contributed by atoms with van der Waals surface area (Å²) in [5, 5.41) is 6.26. The van der Waals surface area contributed by atoms with Gasteiger partial charge in [0.1, 0.15) is 11.6 Å². The van der Waals surface area contributed by atoms with Crippen molar-refractivity contribution >= 4 is 11.6 Å². The zero-order chi connectivity index (χ0) is 20.1. The average Bonchev–Trinajstić information content (AvgIpc) is 3.37. The second-order valence-corrected chi connectivity index (χ2v) is 7.04. The van der Waals surface area contributed by atoms with Crippen molar-refractivity contribution in [3.05, 3.63) is 47.5 Å². The first kappa shape index (κ1) is 18.4. The molecule has 146 valence electrons. The largest absolute Gasteiger partial charge is 0.408 e. The van der Waals surface area contributed by atoms with Gasteiger partial charge in [0.2, 0.25) is 0 Å². The Morgan fingerprint density at radius 2 is 2.07 bits per heavy atom. The molecule has 1 aliphatic rings. The van der Waals surface area contributed by atoms with E-state index in [1.807, 2.05) is 13.0 Å². The van der Waals surface area contributed by atoms with Crippen LogP contribution in [0.5, 0.6) is 0 Å². The Kier molecular flexibility index (Phi) is 4.32. The molecule has 4 rings (SSSR count). The van der Waals surface area contributed by atoms with E-state index in [1.165, 1.54) is 10.7 Å². The summed E-state index contributed by atoms with van der Waals surface area (Å²) >= 11 is 0. The minimum atomic E-state index is -4.48. The highest BCUT2D eigenvalue weighted by Gasteiger charge is 2.49. The highest BCUT2D eigenvalue weighted by molar-refractivity contribution is 6.00. The quantitative estimate of drug-likeness (QED) is 0.742. The van der Waals surface area contributed by atoms with Crippen molar-refractivity contribution in [2.45, 2.75) is 38.9 Å². The number of nitrogens with zero attached hydrogens (tertiary/aromatic N) is 4. The number of aromatic nitrogens is 4. The van der Waals surface area contributed by atoms with Crippen LogP contribution in [0, 0.1) is 19.8 Å². The van der Waals surface area contributed by atoms with Gasteiger partial charge < -0.3 is 5.32 Å². The van der Waals surface area contributed by atoms with E-state index in [2.05, 4.69) is 20.4 Å². The summed E-state index contributed by atoms with van der Waals surface area (Å²) in [7, 11) is 0. The van der Waals surface area contributed by atoms with Gasteiger partial charge in [-0.2, -0.15) is 18.3 Å². The van der Waals surface area contributed by atoms with E-state index in [0.29, 0.717) is 24.2 Å². The number of halogens is 3. The maximum Gasteiger partial charge on any atom is 0.408 e. The molecule has 1 saturated carbocycles. The minimum absolute atomic E-state index is 0.0152. The van der Waals surface area contributed by atoms with E-state index in [4.69, 9.17) is 0 Å². The molecule has 3 aromatic heterocycles. The Morgan fingerprint density at radius 1 is 1.32 bits per heavy atom. The highest BCUT2D eigenvalue weighted by Crippen LogP contribution is 2.40. The second-order valence-electron chi connectivity index (χ2n) is 7.04. The van der Waals surface area contributed by atoms with Crippen LogP contribution in [0.3, 0.4) is 0 Å². The van der Waals surface area contributed by atoms with Crippen LogP contribution in [0.2, 0.25) is 0 Å². The van der Waals surface area contributed by atoms with E-state index in [1.54, 1.807) is 25.3 Å². The highest BCUT2D eigenvalue weighted by atomic mass is 19.4. The Bertz CT molecular complexity index is 1060. The molecule has 6 nitrogen and oxygen atoms in total. The van der Waals surface area contributed by atoms with Crippen molar-refractivity contribution in [3.63, 3.8) is 0 Å². The third-order valence-corrected chi connectivity index (χ3v) is 4.91. The molecule has 0 spiro atoms. The molecule has 1 N–H and O–H groups in total. The van der Waals surface area contributed by atoms with E-state index in [9.17, 15) is 18.0 Å². The summed E-state index contributed by atoms with van der Waals surface area (Å²) < 4.78 is 41.2. The van der Waals surface area contributed by atoms with Crippen molar-refractivity contribution in [2.75, 3.05) is 0 Å². The Morgan fingerprint density at radius 3 is 2.71 bits per heavy atom. The van der Waals surface area contributed by atoms with Crippen LogP contribution >= 0.6 is 0 Å². The number of amides is 1. The molecule has 0 saturated heterocycles. The lowest BCUT2D eigenvalue weighted by atomic mass is 10.1. The summed E-state index contributed by atoms with van der Waals surface area (Å²) in [5.74, 6) is -1.38. The van der Waals surface area contributed by atoms with Gasteiger partial charge in [-0.1, -0.05) is 0 Å². The molecule has 3 aromatic rings. The van der Waals surface area contributed by atoms with Crippen molar-refractivity contribution in [2.24, 2.45) is 5.92 Å². The second kappa shape index (κ2) is 6.57. The molecule has 3 heterocycles. The van der Waals surface area contributed by atoms with E-state index < -0.39 is 24.0 Å². The maximum atomic E-state index is 13.3. The van der Waals surface area contributed by atoms with Crippen molar-refractivity contribution in [3.8, 4) is 11.3 Å². The number of alkyl halides is 3. The third kappa shape index (κ3) is 3.32. The van der Waals surface area contributed by atoms with E-state index in [0.717, 1.165) is 11.3 Å². The third-order valence-electron chi connectivity index (χ3n) is 4.91. The molecule has 1 amide bonds. The molecule has 1 aliphatic carbocycles. The summed E-state index contributed by atoms with van der Waals surface area (Å²) in [6.07, 6.45) is -0.648. The predicted molar refractivity (Wildman–Crippen MR) is 95.7 cm³/mol. The van der Waals surface area contributed by atoms with Crippen molar-refractivity contribution in [1.29, 1.82) is 0 Å². The van der Waals surface area contributed by atoms with Gasteiger partial charge in [0.15, 0.2) is 5.65 Å². The molecule has 0 unspecified atom stereocenters. The van der Waals surface area contributed by atoms with Gasteiger partial charge >= 0.3 is 6.18 Å². The molecule has 9 heteroatoms. The zero-order valence-electron chi connectivity index (χ0n) is 15.3. The first-order valence-electron chi connectivity index (χ1n) is 8.90. The summed E-state index contributed by atoms with van der Waals surface area (Å²) in [4.78, 5) is 21.4. The molecule has 1 atom stereocenters. The van der Waals surface area contributed by atoms with Crippen LogP contribution in [0.1, 0.15) is 34.6 Å². The van der Waals surface area contributed by atoms with Gasteiger partial charge in [0.05, 0.1) is 11.9 Å². The van der Waals surface area contributed by atoms with E-state index in [-0.39, 0.29) is 11.2 Å². The normalized spacial score (nSPS) is 15.6. The topological polar surface area (TPSA) is 72.2 Å². The Hall–Kier alpha value is -2.97. The van der Waals surface area contributed by atoms with Crippen LogP contribution in [-0.2, 0) is 0 Å². The Labute approximate surface area is 158 Å². The number of carbonyl (C=O) groups excluding carboxylic acids is 1. The molecule has 1 fully saturated rings. The molecule has 28 heavy (non-hydrogen) atoms. The monoisotopic (exact) mass is 389 g/mol. The number of nitrogens with one attached hydrogen (secondary N) is 1. The van der Waals surface area contributed by atoms with Crippen molar-refractivity contribution < 1.29 is 18.0 Å². The fourth-order valence-corrected chi connectivity index (χ4v) is 3.28. The van der Waals surface area contributed by atoms with Crippen LogP contribution in [0.15, 0.2) is 30.6 Å². The lowest BCUT2D eigenvalue weighted by Crippen LogP contribution is -2.46. The predicted octanol–water partition coefficient (Wildman–Crippen LogP) is 3.48. The maximum absolute atomic E-state index is 13.3. The average molecular weight is 389 g/mol. The van der Waals surface area contributed by atoms with Crippen LogP contribution in [-0.4, -0.2) is 37.7 Å². The van der Waals surface area contributed by atoms with Gasteiger partial charge in [-0.25, -0.2) is 9.50 Å². The summed E-state index contributed by atoms with van der Waals surface area (Å²) in [5.41, 5.74) is 3.06. The minimum Gasteiger partial charge on any atom is -0.340 e. The lowest BCUT2D eigenvalue weighted by Gasteiger charge is -2.20. The molecular formula is C19H18F3N5O. The summed E-state index contributed by atoms with van der Waals surface area (Å²) in [6, 6.07) is 3.58. The first-order valence-corrected chi connectivity index (χ1v) is 8.90. The fraction of sp³-hybridized carbons (Fsp3) is 0.368. The van der Waals surface area contributed by atoms with Crippen LogP contribution in [0.25, 0.3) is 16.9 Å². The smallest absolute Gasteiger partial charge is 0.340 e. The summed E-state index contributed by atoms with van der Waals surface area (Å²) in [6.45, 7) is 3.63. The SMILES string of the molecule is Cc1ncccc1-c1cc(C)n2ncc(C(=O)N[C@H](C3CC3)C(F)(F)F)c2n1. The number of carbonyl (C=O) groups is 1. The molecule has 0 radical (unpaired) electrons. The molecule has 0 aliphatic heterocycles. The lowest BCUT2D eigenvalue weighted by molar-refractivity contribution is -0.158. The van der Waals surface area contributed by atoms with E-state index >= 15 is 0 Å². The van der Waals surface area contributed by atoms with Crippen LogP contribution in [0.4, 0.5) is 13.2 Å². The zero-order valence-corrected chi connectivity index (χ0v) is 15.3. The fourth-order valence-electron chi connectivity index (χ4n) is 3.28. The molecule has 0 bridgehead atoms. The number of hydrogen-bond donors (Lipinski definition) is 1. The standard InChI is InChI=1S/C19H18F3N5O/c1-10-8-15(13-4-3-7-23-11(13)2)25-17-14(9-24-27(10)17)18(28)26-16(12-5-6-12)19(20,21)22/h3-4,7-9,12,16H,5-6H2,1-2H3,(H,26,28)/t16-/m1/s1. The molecule has 0 aromatic carbocycles. The van der Waals surface area contributed by atoms with Crippen molar-refractivity contribution in [1.82, 2.24) is 24.9 Å². The first-order chi connectivity index (χ1) is 13.3. The number of fused-ring (bicyclic) bond motifs is 1. The molecular weight excluding hydrogens is 371 g/mol. The number of hydrogen-bond acceptors (Lipinski definition) is 4. The number of aryl methyl sites for hydroxylation is 2. The van der Waals surface area contributed by atoms with Gasteiger partial charge in [-0.15, -0.1) is 0 Å². The van der Waals surface area contributed by atoms with Gasteiger partial charge in [0.25, 0.3) is 5.91 Å². The van der Waals surface area contributed by atoms with Gasteiger partial charge in [0, 0.05) is 23.1 Å². The number of rotatable bonds is 4. The van der Waals surface area contributed by atoms with Gasteiger partial charge in [-0.3, -0.25) is 9.78 Å². The van der Waals surface area contributed by atoms with Gasteiger partial charge in [-0.05, 0) is 50.8 Å². The number of pyridine rings is 1.